The summed E-state index contributed by atoms with van der Waals surface area (Å²) in [6.07, 6.45) is -0.548. The van der Waals surface area contributed by atoms with Crippen LogP contribution < -0.4 is 5.73 Å². The van der Waals surface area contributed by atoms with E-state index in [2.05, 4.69) is 20.9 Å². The van der Waals surface area contributed by atoms with E-state index >= 15 is 0 Å². The molecule has 1 aliphatic rings. The summed E-state index contributed by atoms with van der Waals surface area (Å²) in [5, 5.41) is 9.54. The van der Waals surface area contributed by atoms with Crippen molar-refractivity contribution in [2.75, 3.05) is 6.54 Å². The Kier molecular flexibility index (Phi) is 3.63. The van der Waals surface area contributed by atoms with E-state index in [1.165, 1.54) is 4.90 Å². The van der Waals surface area contributed by atoms with Gasteiger partial charge in [-0.1, -0.05) is 6.07 Å². The number of nitrogens with two attached hydrogens (primary N) is 1. The molecule has 0 spiro atoms. The molecule has 6 nitrogen and oxygen atoms in total. The summed E-state index contributed by atoms with van der Waals surface area (Å²) >= 11 is 3.17. The standard InChI is InChI=1S/C11H12BrN3O3/c12-9-3-1-2-7(14-9)11(18)15-5-6(16)4-8(15)10(13)17/h1-3,6,8,16H,4-5H2,(H2,13,17). The fraction of sp³-hybridized carbons (Fsp3) is 0.364. The molecule has 2 amide bonds. The third-order valence-electron chi connectivity index (χ3n) is 2.80. The molecule has 0 aliphatic carbocycles. The zero-order chi connectivity index (χ0) is 13.3. The molecular formula is C11H12BrN3O3. The molecule has 2 heterocycles. The van der Waals surface area contributed by atoms with Crippen molar-refractivity contribution < 1.29 is 14.7 Å². The molecular weight excluding hydrogens is 302 g/mol. The number of primary amides is 1. The van der Waals surface area contributed by atoms with Gasteiger partial charge >= 0.3 is 0 Å². The first-order valence-corrected chi connectivity index (χ1v) is 6.19. The maximum absolute atomic E-state index is 12.2. The first kappa shape index (κ1) is 13.0. The summed E-state index contributed by atoms with van der Waals surface area (Å²) < 4.78 is 0.531. The predicted molar refractivity (Wildman–Crippen MR) is 66.6 cm³/mol. The first-order valence-electron chi connectivity index (χ1n) is 5.40. The summed E-state index contributed by atoms with van der Waals surface area (Å²) in [7, 11) is 0. The predicted octanol–water partition coefficient (Wildman–Crippen LogP) is -0.0952. The van der Waals surface area contributed by atoms with Crippen LogP contribution in [0.2, 0.25) is 0 Å². The summed E-state index contributed by atoms with van der Waals surface area (Å²) in [6.45, 7) is 0.0979. The van der Waals surface area contributed by atoms with Crippen molar-refractivity contribution in [3.05, 3.63) is 28.5 Å². The van der Waals surface area contributed by atoms with E-state index in [0.29, 0.717) is 4.60 Å². The molecule has 0 radical (unpaired) electrons. The van der Waals surface area contributed by atoms with Crippen molar-refractivity contribution in [1.29, 1.82) is 0 Å². The second kappa shape index (κ2) is 5.03. The van der Waals surface area contributed by atoms with E-state index in [0.717, 1.165) is 0 Å². The Balaban J connectivity index is 2.25. The van der Waals surface area contributed by atoms with Crippen LogP contribution in [0.1, 0.15) is 16.9 Å². The van der Waals surface area contributed by atoms with Crippen molar-refractivity contribution in [3.63, 3.8) is 0 Å². The molecule has 1 aliphatic heterocycles. The minimum Gasteiger partial charge on any atom is -0.391 e. The van der Waals surface area contributed by atoms with Gasteiger partial charge in [0.1, 0.15) is 16.3 Å². The summed E-state index contributed by atoms with van der Waals surface area (Å²) in [5.41, 5.74) is 5.44. The van der Waals surface area contributed by atoms with Crippen molar-refractivity contribution in [2.45, 2.75) is 18.6 Å². The van der Waals surface area contributed by atoms with E-state index in [1.807, 2.05) is 0 Å². The van der Waals surface area contributed by atoms with Crippen LogP contribution in [0.5, 0.6) is 0 Å². The number of aliphatic hydroxyl groups is 1. The number of carbonyl (C=O) groups excluding carboxylic acids is 2. The van der Waals surface area contributed by atoms with Gasteiger partial charge < -0.3 is 15.7 Å². The molecule has 0 saturated carbocycles. The van der Waals surface area contributed by atoms with Gasteiger partial charge in [0.25, 0.3) is 5.91 Å². The number of aliphatic hydroxyl groups excluding tert-OH is 1. The zero-order valence-corrected chi connectivity index (χ0v) is 11.0. The van der Waals surface area contributed by atoms with Crippen LogP contribution in [0.3, 0.4) is 0 Å². The molecule has 0 aromatic carbocycles. The van der Waals surface area contributed by atoms with Crippen LogP contribution in [0.25, 0.3) is 0 Å². The lowest BCUT2D eigenvalue weighted by atomic mass is 10.2. The molecule has 2 atom stereocenters. The van der Waals surface area contributed by atoms with E-state index < -0.39 is 24.0 Å². The Labute approximate surface area is 112 Å². The number of pyridine rings is 1. The summed E-state index contributed by atoms with van der Waals surface area (Å²) in [5.74, 6) is -1.02. The average Bonchev–Trinajstić information content (AvgIpc) is 2.70. The Morgan fingerprint density at radius 3 is 2.83 bits per heavy atom. The normalized spacial score (nSPS) is 23.1. The molecule has 1 aromatic heterocycles. The lowest BCUT2D eigenvalue weighted by Gasteiger charge is -2.21. The number of nitrogens with zero attached hydrogens (tertiary/aromatic N) is 2. The van der Waals surface area contributed by atoms with Crippen molar-refractivity contribution >= 4 is 27.7 Å². The second-order valence-electron chi connectivity index (χ2n) is 4.11. The zero-order valence-electron chi connectivity index (χ0n) is 9.41. The van der Waals surface area contributed by atoms with Gasteiger partial charge in [-0.2, -0.15) is 0 Å². The number of halogens is 1. The second-order valence-corrected chi connectivity index (χ2v) is 4.92. The highest BCUT2D eigenvalue weighted by Gasteiger charge is 2.38. The first-order chi connectivity index (χ1) is 8.49. The number of amides is 2. The van der Waals surface area contributed by atoms with Gasteiger partial charge in [-0.3, -0.25) is 9.59 Å². The number of hydrogen-bond donors (Lipinski definition) is 2. The fourth-order valence-electron chi connectivity index (χ4n) is 1.98. The highest BCUT2D eigenvalue weighted by molar-refractivity contribution is 9.10. The minimum atomic E-state index is -0.770. The molecule has 1 aromatic rings. The maximum Gasteiger partial charge on any atom is 0.273 e. The third-order valence-corrected chi connectivity index (χ3v) is 3.24. The Morgan fingerprint density at radius 1 is 1.50 bits per heavy atom. The van der Waals surface area contributed by atoms with Gasteiger partial charge in [-0.25, -0.2) is 4.98 Å². The molecule has 7 heteroatoms. The smallest absolute Gasteiger partial charge is 0.273 e. The molecule has 2 rings (SSSR count). The number of rotatable bonds is 2. The number of aromatic nitrogens is 1. The highest BCUT2D eigenvalue weighted by Crippen LogP contribution is 2.20. The number of likely N-dealkylation sites (tertiary alicyclic amines) is 1. The number of carbonyl (C=O) groups is 2. The molecule has 18 heavy (non-hydrogen) atoms. The van der Waals surface area contributed by atoms with Gasteiger partial charge in [-0.15, -0.1) is 0 Å². The molecule has 96 valence electrons. The van der Waals surface area contributed by atoms with Crippen LogP contribution in [-0.4, -0.2) is 45.5 Å². The Bertz CT molecular complexity index is 494. The van der Waals surface area contributed by atoms with Crippen LogP contribution >= 0.6 is 15.9 Å². The van der Waals surface area contributed by atoms with Crippen molar-refractivity contribution in [3.8, 4) is 0 Å². The van der Waals surface area contributed by atoms with Crippen LogP contribution in [-0.2, 0) is 4.79 Å². The molecule has 3 N–H and O–H groups in total. The SMILES string of the molecule is NC(=O)C1CC(O)CN1C(=O)c1cccc(Br)n1. The molecule has 1 fully saturated rings. The third kappa shape index (κ3) is 2.51. The van der Waals surface area contributed by atoms with Gasteiger partial charge in [-0.05, 0) is 28.1 Å². The monoisotopic (exact) mass is 313 g/mol. The number of hydrogen-bond acceptors (Lipinski definition) is 4. The highest BCUT2D eigenvalue weighted by atomic mass is 79.9. The fourth-order valence-corrected chi connectivity index (χ4v) is 2.33. The van der Waals surface area contributed by atoms with E-state index in [4.69, 9.17) is 5.73 Å². The number of β-amino-alcohol motifs (C(OH)–C–C–N with tert-alkyl or cyclic N) is 1. The maximum atomic E-state index is 12.2. The minimum absolute atomic E-state index is 0.0979. The van der Waals surface area contributed by atoms with Gasteiger partial charge in [0.15, 0.2) is 0 Å². The quantitative estimate of drug-likeness (QED) is 0.745. The summed E-state index contributed by atoms with van der Waals surface area (Å²) in [4.78, 5) is 28.7. The average molecular weight is 314 g/mol. The van der Waals surface area contributed by atoms with E-state index in [9.17, 15) is 14.7 Å². The lowest BCUT2D eigenvalue weighted by Crippen LogP contribution is -2.44. The van der Waals surface area contributed by atoms with Gasteiger partial charge in [0.2, 0.25) is 5.91 Å². The van der Waals surface area contributed by atoms with E-state index in [-0.39, 0.29) is 18.7 Å². The van der Waals surface area contributed by atoms with Gasteiger partial charge in [0.05, 0.1) is 6.10 Å². The van der Waals surface area contributed by atoms with Gasteiger partial charge in [0, 0.05) is 13.0 Å². The Hall–Kier alpha value is -1.47. The van der Waals surface area contributed by atoms with E-state index in [1.54, 1.807) is 18.2 Å². The van der Waals surface area contributed by atoms with Crippen LogP contribution in [0.15, 0.2) is 22.8 Å². The molecule has 1 saturated heterocycles. The summed E-state index contributed by atoms with van der Waals surface area (Å²) in [6, 6.07) is 4.15. The van der Waals surface area contributed by atoms with Crippen molar-refractivity contribution in [2.24, 2.45) is 5.73 Å². The largest absolute Gasteiger partial charge is 0.391 e. The molecule has 2 unspecified atom stereocenters. The Morgan fingerprint density at radius 2 is 2.22 bits per heavy atom. The van der Waals surface area contributed by atoms with Crippen molar-refractivity contribution in [1.82, 2.24) is 9.88 Å². The van der Waals surface area contributed by atoms with Crippen LogP contribution in [0, 0.1) is 0 Å². The molecule has 0 bridgehead atoms. The lowest BCUT2D eigenvalue weighted by molar-refractivity contribution is -0.121. The van der Waals surface area contributed by atoms with Crippen LogP contribution in [0.4, 0.5) is 0 Å². The topological polar surface area (TPSA) is 96.5 Å².